The van der Waals surface area contributed by atoms with E-state index >= 15 is 0 Å². The lowest BCUT2D eigenvalue weighted by molar-refractivity contribution is 0.331. The van der Waals surface area contributed by atoms with E-state index in [0.717, 1.165) is 36.4 Å². The molecule has 0 saturated carbocycles. The molecule has 0 radical (unpaired) electrons. The predicted molar refractivity (Wildman–Crippen MR) is 84.8 cm³/mol. The molecule has 1 aliphatic heterocycles. The number of nitrogens with zero attached hydrogens (tertiary/aromatic N) is 2. The molecule has 0 saturated heterocycles. The molecule has 1 aliphatic carbocycles. The molecule has 1 heterocycles. The molecule has 0 N–H and O–H groups in total. The van der Waals surface area contributed by atoms with Crippen LogP contribution < -0.4 is 0 Å². The van der Waals surface area contributed by atoms with E-state index in [-0.39, 0.29) is 5.83 Å². The Hall–Kier alpha value is -2.00. The van der Waals surface area contributed by atoms with E-state index < -0.39 is 0 Å². The monoisotopic (exact) mass is 282 g/mol. The van der Waals surface area contributed by atoms with Gasteiger partial charge in [0.15, 0.2) is 0 Å². The second-order valence-corrected chi connectivity index (χ2v) is 5.55. The summed E-state index contributed by atoms with van der Waals surface area (Å²) in [5, 5.41) is 0. The number of fused-ring (bicyclic) bond motifs is 1. The molecule has 2 nitrogen and oxygen atoms in total. The van der Waals surface area contributed by atoms with Crippen LogP contribution in [0.3, 0.4) is 0 Å². The topological polar surface area (TPSA) is 15.6 Å². The van der Waals surface area contributed by atoms with Crippen LogP contribution in [0.25, 0.3) is 0 Å². The molecular weight excluding hydrogens is 263 g/mol. The number of hydrogen-bond donors (Lipinski definition) is 0. The maximum atomic E-state index is 13.4. The second-order valence-electron chi connectivity index (χ2n) is 5.55. The zero-order valence-electron chi connectivity index (χ0n) is 12.2. The third-order valence-electron chi connectivity index (χ3n) is 3.86. The van der Waals surface area contributed by atoms with Crippen molar-refractivity contribution in [2.75, 3.05) is 13.6 Å². The maximum absolute atomic E-state index is 13.4. The zero-order valence-corrected chi connectivity index (χ0v) is 12.2. The first-order chi connectivity index (χ1) is 10.2. The van der Waals surface area contributed by atoms with Gasteiger partial charge in [0.05, 0.1) is 5.71 Å². The fourth-order valence-corrected chi connectivity index (χ4v) is 2.69. The molecule has 0 atom stereocenters. The van der Waals surface area contributed by atoms with Crippen molar-refractivity contribution in [1.29, 1.82) is 0 Å². The first kappa shape index (κ1) is 14.0. The number of benzene rings is 1. The van der Waals surface area contributed by atoms with Gasteiger partial charge in [-0.2, -0.15) is 0 Å². The van der Waals surface area contributed by atoms with E-state index in [0.29, 0.717) is 6.42 Å². The molecule has 3 rings (SSSR count). The van der Waals surface area contributed by atoms with Crippen LogP contribution in [0.2, 0.25) is 0 Å². The van der Waals surface area contributed by atoms with E-state index in [2.05, 4.69) is 41.2 Å². The van der Waals surface area contributed by atoms with Crippen molar-refractivity contribution in [3.63, 3.8) is 0 Å². The zero-order chi connectivity index (χ0) is 14.7. The molecule has 2 aliphatic rings. The van der Waals surface area contributed by atoms with Gasteiger partial charge in [0.25, 0.3) is 0 Å². The molecule has 0 unspecified atom stereocenters. The van der Waals surface area contributed by atoms with E-state index in [1.165, 1.54) is 5.56 Å². The van der Waals surface area contributed by atoms with Gasteiger partial charge in [0, 0.05) is 31.3 Å². The number of hydrogen-bond acceptors (Lipinski definition) is 2. The van der Waals surface area contributed by atoms with Crippen molar-refractivity contribution >= 4 is 5.71 Å². The van der Waals surface area contributed by atoms with Crippen molar-refractivity contribution in [2.45, 2.75) is 19.4 Å². The van der Waals surface area contributed by atoms with Crippen LogP contribution in [0.15, 0.2) is 70.6 Å². The standard InChI is InChI=1S/C18H19FN2/c1-21(13-14-5-3-2-4-6-14)10-9-15-12-20-18-8-7-16(19)11-17(15)18/h2-7,11-12H,8-10,13H2,1H3. The Balaban J connectivity index is 1.55. The van der Waals surface area contributed by atoms with Crippen LogP contribution in [0, 0.1) is 0 Å². The summed E-state index contributed by atoms with van der Waals surface area (Å²) in [7, 11) is 2.11. The summed E-state index contributed by atoms with van der Waals surface area (Å²) >= 11 is 0. The van der Waals surface area contributed by atoms with E-state index in [9.17, 15) is 4.39 Å². The molecule has 0 bridgehead atoms. The molecule has 1 aromatic carbocycles. The van der Waals surface area contributed by atoms with Gasteiger partial charge in [-0.1, -0.05) is 30.3 Å². The van der Waals surface area contributed by atoms with Gasteiger partial charge < -0.3 is 4.90 Å². The summed E-state index contributed by atoms with van der Waals surface area (Å²) in [6, 6.07) is 10.4. The minimum Gasteiger partial charge on any atom is -0.302 e. The van der Waals surface area contributed by atoms with Gasteiger partial charge in [-0.3, -0.25) is 4.99 Å². The van der Waals surface area contributed by atoms with Gasteiger partial charge in [-0.25, -0.2) is 4.39 Å². The van der Waals surface area contributed by atoms with Crippen molar-refractivity contribution in [3.05, 3.63) is 71.2 Å². The first-order valence-corrected chi connectivity index (χ1v) is 7.28. The summed E-state index contributed by atoms with van der Waals surface area (Å²) in [6.45, 7) is 1.86. The molecule has 21 heavy (non-hydrogen) atoms. The molecule has 0 aromatic heterocycles. The van der Waals surface area contributed by atoms with Crippen molar-refractivity contribution in [3.8, 4) is 0 Å². The summed E-state index contributed by atoms with van der Waals surface area (Å²) in [5.41, 5.74) is 4.44. The van der Waals surface area contributed by atoms with Crippen molar-refractivity contribution in [1.82, 2.24) is 4.90 Å². The van der Waals surface area contributed by atoms with Gasteiger partial charge >= 0.3 is 0 Å². The highest BCUT2D eigenvalue weighted by Gasteiger charge is 2.20. The van der Waals surface area contributed by atoms with Crippen LogP contribution >= 0.6 is 0 Å². The third-order valence-corrected chi connectivity index (χ3v) is 3.86. The Kier molecular flexibility index (Phi) is 4.11. The highest BCUT2D eigenvalue weighted by atomic mass is 19.1. The molecule has 0 fully saturated rings. The van der Waals surface area contributed by atoms with Crippen molar-refractivity contribution in [2.24, 2.45) is 4.99 Å². The van der Waals surface area contributed by atoms with Gasteiger partial charge in [0.2, 0.25) is 0 Å². The maximum Gasteiger partial charge on any atom is 0.120 e. The number of rotatable bonds is 5. The Morgan fingerprint density at radius 2 is 2.05 bits per heavy atom. The van der Waals surface area contributed by atoms with Crippen LogP contribution in [-0.2, 0) is 6.54 Å². The summed E-state index contributed by atoms with van der Waals surface area (Å²) < 4.78 is 13.4. The normalized spacial score (nSPS) is 17.1. The number of aliphatic imine (C=N–C) groups is 1. The quantitative estimate of drug-likeness (QED) is 0.796. The largest absolute Gasteiger partial charge is 0.302 e. The number of halogens is 1. The minimum absolute atomic E-state index is 0.144. The van der Waals surface area contributed by atoms with Crippen LogP contribution in [0.4, 0.5) is 4.39 Å². The van der Waals surface area contributed by atoms with Gasteiger partial charge in [0.1, 0.15) is 5.83 Å². The Labute approximate surface area is 125 Å². The number of allylic oxidation sites excluding steroid dienone is 4. The molecule has 0 amide bonds. The highest BCUT2D eigenvalue weighted by molar-refractivity contribution is 6.08. The lowest BCUT2D eigenvalue weighted by atomic mass is 9.95. The SMILES string of the molecule is CN(CCC1=CN=C2CC=C(F)C=C12)Cc1ccccc1. The van der Waals surface area contributed by atoms with Gasteiger partial charge in [-0.05, 0) is 36.8 Å². The van der Waals surface area contributed by atoms with Crippen LogP contribution in [0.1, 0.15) is 18.4 Å². The molecule has 1 aromatic rings. The van der Waals surface area contributed by atoms with E-state index in [4.69, 9.17) is 0 Å². The molecule has 3 heteroatoms. The van der Waals surface area contributed by atoms with E-state index in [1.807, 2.05) is 12.3 Å². The summed E-state index contributed by atoms with van der Waals surface area (Å²) in [6.07, 6.45) is 6.59. The Bertz CT molecular complexity index is 638. The predicted octanol–water partition coefficient (Wildman–Crippen LogP) is 4.03. The lowest BCUT2D eigenvalue weighted by Crippen LogP contribution is -2.20. The summed E-state index contributed by atoms with van der Waals surface area (Å²) in [5.74, 6) is -0.144. The van der Waals surface area contributed by atoms with Crippen LogP contribution in [0.5, 0.6) is 0 Å². The Morgan fingerprint density at radius 1 is 1.24 bits per heavy atom. The molecule has 0 spiro atoms. The van der Waals surface area contributed by atoms with E-state index in [1.54, 1.807) is 12.2 Å². The average molecular weight is 282 g/mol. The smallest absolute Gasteiger partial charge is 0.120 e. The Morgan fingerprint density at radius 3 is 2.86 bits per heavy atom. The van der Waals surface area contributed by atoms with Crippen LogP contribution in [-0.4, -0.2) is 24.2 Å². The molecule has 108 valence electrons. The molecular formula is C18H19FN2. The second kappa shape index (κ2) is 6.19. The summed E-state index contributed by atoms with van der Waals surface area (Å²) in [4.78, 5) is 6.67. The third kappa shape index (κ3) is 3.37. The minimum atomic E-state index is -0.144. The first-order valence-electron chi connectivity index (χ1n) is 7.28. The fourth-order valence-electron chi connectivity index (χ4n) is 2.69. The lowest BCUT2D eigenvalue weighted by Gasteiger charge is -2.18. The fraction of sp³-hybridized carbons (Fsp3) is 0.278. The van der Waals surface area contributed by atoms with Gasteiger partial charge in [-0.15, -0.1) is 0 Å². The average Bonchev–Trinajstić information content (AvgIpc) is 2.88. The highest BCUT2D eigenvalue weighted by Crippen LogP contribution is 2.29. The van der Waals surface area contributed by atoms with Crippen molar-refractivity contribution < 1.29 is 4.39 Å².